The maximum atomic E-state index is 10.7. The van der Waals surface area contributed by atoms with Crippen LogP contribution in [0.3, 0.4) is 0 Å². The molecular formula is C8H15NO2. The number of hydrogen-bond donors (Lipinski definition) is 0. The minimum absolute atomic E-state index is 0.305. The standard InChI is InChI=1S/C8H15NO2/c1-5-11-8(10)9-7(4)6(2)3/h6H,5H2,1-4H3. The van der Waals surface area contributed by atoms with E-state index < -0.39 is 6.09 Å². The highest BCUT2D eigenvalue weighted by Crippen LogP contribution is 1.97. The van der Waals surface area contributed by atoms with Gasteiger partial charge in [-0.2, -0.15) is 4.99 Å². The smallest absolute Gasteiger partial charge is 0.433 e. The zero-order valence-corrected chi connectivity index (χ0v) is 7.55. The van der Waals surface area contributed by atoms with E-state index in [4.69, 9.17) is 0 Å². The minimum atomic E-state index is -0.487. The van der Waals surface area contributed by atoms with E-state index >= 15 is 0 Å². The largest absolute Gasteiger partial charge is 0.448 e. The third-order valence-electron chi connectivity index (χ3n) is 1.37. The summed E-state index contributed by atoms with van der Waals surface area (Å²) < 4.78 is 4.64. The van der Waals surface area contributed by atoms with Crippen LogP contribution in [0.1, 0.15) is 27.7 Å². The van der Waals surface area contributed by atoms with E-state index in [2.05, 4.69) is 9.73 Å². The van der Waals surface area contributed by atoms with Gasteiger partial charge in [-0.05, 0) is 19.8 Å². The predicted octanol–water partition coefficient (Wildman–Crippen LogP) is 2.26. The van der Waals surface area contributed by atoms with Crippen molar-refractivity contribution in [3.05, 3.63) is 0 Å². The normalized spacial score (nSPS) is 11.9. The van der Waals surface area contributed by atoms with E-state index in [9.17, 15) is 4.79 Å². The number of rotatable bonds is 2. The second-order valence-electron chi connectivity index (χ2n) is 2.61. The lowest BCUT2D eigenvalue weighted by Crippen LogP contribution is -2.07. The van der Waals surface area contributed by atoms with Crippen LogP contribution in [0, 0.1) is 5.92 Å². The topological polar surface area (TPSA) is 38.7 Å². The molecule has 1 amide bonds. The number of amides is 1. The van der Waals surface area contributed by atoms with Gasteiger partial charge in [-0.25, -0.2) is 4.79 Å². The van der Waals surface area contributed by atoms with Crippen molar-refractivity contribution in [1.29, 1.82) is 0 Å². The van der Waals surface area contributed by atoms with Crippen LogP contribution in [0.4, 0.5) is 4.79 Å². The Hall–Kier alpha value is -0.860. The molecule has 0 spiro atoms. The highest BCUT2D eigenvalue weighted by Gasteiger charge is 2.02. The number of nitrogens with zero attached hydrogens (tertiary/aromatic N) is 1. The fourth-order valence-electron chi connectivity index (χ4n) is 0.429. The van der Waals surface area contributed by atoms with Gasteiger partial charge in [0.25, 0.3) is 0 Å². The molecule has 0 saturated carbocycles. The molecule has 0 aliphatic carbocycles. The van der Waals surface area contributed by atoms with E-state index in [1.165, 1.54) is 0 Å². The first-order valence-corrected chi connectivity index (χ1v) is 3.79. The molecule has 0 aliphatic heterocycles. The number of ether oxygens (including phenoxy) is 1. The molecule has 0 saturated heterocycles. The summed E-state index contributed by atoms with van der Waals surface area (Å²) in [4.78, 5) is 14.5. The van der Waals surface area contributed by atoms with Crippen LogP contribution in [0.15, 0.2) is 4.99 Å². The van der Waals surface area contributed by atoms with Gasteiger partial charge in [0.2, 0.25) is 0 Å². The van der Waals surface area contributed by atoms with Crippen molar-refractivity contribution in [2.24, 2.45) is 10.9 Å². The van der Waals surface area contributed by atoms with Crippen molar-refractivity contribution in [2.75, 3.05) is 6.61 Å². The van der Waals surface area contributed by atoms with Crippen LogP contribution >= 0.6 is 0 Å². The number of hydrogen-bond acceptors (Lipinski definition) is 2. The fraction of sp³-hybridized carbons (Fsp3) is 0.750. The lowest BCUT2D eigenvalue weighted by atomic mass is 10.1. The second kappa shape index (κ2) is 4.88. The molecule has 0 radical (unpaired) electrons. The third-order valence-corrected chi connectivity index (χ3v) is 1.37. The van der Waals surface area contributed by atoms with Crippen molar-refractivity contribution >= 4 is 11.8 Å². The lowest BCUT2D eigenvalue weighted by molar-refractivity contribution is 0.163. The summed E-state index contributed by atoms with van der Waals surface area (Å²) in [5.74, 6) is 0.305. The van der Waals surface area contributed by atoms with Gasteiger partial charge in [0.05, 0.1) is 6.61 Å². The van der Waals surface area contributed by atoms with Gasteiger partial charge < -0.3 is 4.74 Å². The number of carbonyl (C=O) groups excluding carboxylic acids is 1. The first-order chi connectivity index (χ1) is 5.07. The Morgan fingerprint density at radius 2 is 2.09 bits per heavy atom. The second-order valence-corrected chi connectivity index (χ2v) is 2.61. The molecule has 0 aromatic heterocycles. The molecule has 0 aromatic carbocycles. The highest BCUT2D eigenvalue weighted by atomic mass is 16.5. The average molecular weight is 157 g/mol. The van der Waals surface area contributed by atoms with Gasteiger partial charge in [0, 0.05) is 5.71 Å². The summed E-state index contributed by atoms with van der Waals surface area (Å²) in [7, 11) is 0. The Balaban J connectivity index is 3.97. The Morgan fingerprint density at radius 1 is 1.55 bits per heavy atom. The quantitative estimate of drug-likeness (QED) is 0.577. The summed E-state index contributed by atoms with van der Waals surface area (Å²) >= 11 is 0. The van der Waals surface area contributed by atoms with Gasteiger partial charge in [-0.3, -0.25) is 0 Å². The Kier molecular flexibility index (Phi) is 4.50. The molecule has 0 bridgehead atoms. The maximum Gasteiger partial charge on any atom is 0.433 e. The molecule has 3 nitrogen and oxygen atoms in total. The van der Waals surface area contributed by atoms with Gasteiger partial charge >= 0.3 is 6.09 Å². The number of aliphatic imine (C=N–C) groups is 1. The first-order valence-electron chi connectivity index (χ1n) is 3.79. The molecule has 0 rings (SSSR count). The average Bonchev–Trinajstić information content (AvgIpc) is 1.87. The summed E-state index contributed by atoms with van der Waals surface area (Å²) in [6.45, 7) is 7.93. The highest BCUT2D eigenvalue weighted by molar-refractivity contribution is 5.92. The van der Waals surface area contributed by atoms with E-state index in [1.54, 1.807) is 6.92 Å². The van der Waals surface area contributed by atoms with Crippen LogP contribution < -0.4 is 0 Å². The Morgan fingerprint density at radius 3 is 2.45 bits per heavy atom. The Bertz CT molecular complexity index is 161. The SMILES string of the molecule is CCOC(=O)N=C(C)C(C)C. The first kappa shape index (κ1) is 10.1. The molecule has 11 heavy (non-hydrogen) atoms. The Labute approximate surface area is 67.5 Å². The van der Waals surface area contributed by atoms with Crippen LogP contribution in [0.25, 0.3) is 0 Å². The zero-order chi connectivity index (χ0) is 8.85. The predicted molar refractivity (Wildman–Crippen MR) is 45.0 cm³/mol. The van der Waals surface area contributed by atoms with E-state index in [-0.39, 0.29) is 0 Å². The molecule has 3 heteroatoms. The summed E-state index contributed by atoms with van der Waals surface area (Å²) in [6.07, 6.45) is -0.487. The van der Waals surface area contributed by atoms with Crippen molar-refractivity contribution in [3.63, 3.8) is 0 Å². The van der Waals surface area contributed by atoms with E-state index in [0.717, 1.165) is 5.71 Å². The van der Waals surface area contributed by atoms with Crippen molar-refractivity contribution in [1.82, 2.24) is 0 Å². The molecule has 64 valence electrons. The van der Waals surface area contributed by atoms with Crippen LogP contribution in [-0.2, 0) is 4.74 Å². The van der Waals surface area contributed by atoms with Crippen molar-refractivity contribution < 1.29 is 9.53 Å². The van der Waals surface area contributed by atoms with Gasteiger partial charge in [0.1, 0.15) is 0 Å². The monoisotopic (exact) mass is 157 g/mol. The zero-order valence-electron chi connectivity index (χ0n) is 7.55. The lowest BCUT2D eigenvalue weighted by Gasteiger charge is -2.02. The van der Waals surface area contributed by atoms with Crippen molar-refractivity contribution in [2.45, 2.75) is 27.7 Å². The minimum Gasteiger partial charge on any atom is -0.448 e. The van der Waals surface area contributed by atoms with Gasteiger partial charge in [-0.1, -0.05) is 13.8 Å². The molecule has 0 aromatic rings. The molecule has 0 N–H and O–H groups in total. The van der Waals surface area contributed by atoms with E-state index in [0.29, 0.717) is 12.5 Å². The van der Waals surface area contributed by atoms with Gasteiger partial charge in [0.15, 0.2) is 0 Å². The maximum absolute atomic E-state index is 10.7. The molecule has 0 atom stereocenters. The molecule has 0 fully saturated rings. The fourth-order valence-corrected chi connectivity index (χ4v) is 0.429. The summed E-state index contributed by atoms with van der Waals surface area (Å²) in [5, 5.41) is 0. The molecule has 0 heterocycles. The van der Waals surface area contributed by atoms with Crippen molar-refractivity contribution in [3.8, 4) is 0 Å². The molecular weight excluding hydrogens is 142 g/mol. The van der Waals surface area contributed by atoms with Crippen LogP contribution in [0.5, 0.6) is 0 Å². The van der Waals surface area contributed by atoms with E-state index in [1.807, 2.05) is 20.8 Å². The summed E-state index contributed by atoms with van der Waals surface area (Å²) in [5.41, 5.74) is 0.809. The molecule has 0 aliphatic rings. The van der Waals surface area contributed by atoms with Gasteiger partial charge in [-0.15, -0.1) is 0 Å². The number of carbonyl (C=O) groups is 1. The summed E-state index contributed by atoms with van der Waals surface area (Å²) in [6, 6.07) is 0. The molecule has 0 unspecified atom stereocenters. The third kappa shape index (κ3) is 4.53. The van der Waals surface area contributed by atoms with Crippen LogP contribution in [0.2, 0.25) is 0 Å². The van der Waals surface area contributed by atoms with Crippen LogP contribution in [-0.4, -0.2) is 18.4 Å².